The third-order valence-electron chi connectivity index (χ3n) is 4.13. The summed E-state index contributed by atoms with van der Waals surface area (Å²) in [5, 5.41) is 9.01. The van der Waals surface area contributed by atoms with Gasteiger partial charge in [-0.25, -0.2) is 0 Å². The first-order valence-electron chi connectivity index (χ1n) is 7.57. The first kappa shape index (κ1) is 14.7. The molecule has 1 amide bonds. The number of amides is 1. The highest BCUT2D eigenvalue weighted by molar-refractivity contribution is 5.95. The lowest BCUT2D eigenvalue weighted by Gasteiger charge is -2.30. The summed E-state index contributed by atoms with van der Waals surface area (Å²) in [7, 11) is 0. The van der Waals surface area contributed by atoms with Crippen LogP contribution >= 0.6 is 0 Å². The Balaban J connectivity index is 1.70. The lowest BCUT2D eigenvalue weighted by molar-refractivity contribution is -0.143. The summed E-state index contributed by atoms with van der Waals surface area (Å²) < 4.78 is 11.2. The van der Waals surface area contributed by atoms with Gasteiger partial charge in [0.2, 0.25) is 0 Å². The molecule has 1 aromatic rings. The van der Waals surface area contributed by atoms with Gasteiger partial charge in [0.15, 0.2) is 11.5 Å². The van der Waals surface area contributed by atoms with Crippen LogP contribution in [0.5, 0.6) is 11.5 Å². The van der Waals surface area contributed by atoms with Gasteiger partial charge in [0, 0.05) is 25.1 Å². The largest absolute Gasteiger partial charge is 0.490 e. The first-order chi connectivity index (χ1) is 10.6. The average molecular weight is 305 g/mol. The van der Waals surface area contributed by atoms with Gasteiger partial charge in [-0.2, -0.15) is 0 Å². The zero-order valence-electron chi connectivity index (χ0n) is 12.3. The second-order valence-corrected chi connectivity index (χ2v) is 5.62. The number of ether oxygens (including phenoxy) is 2. The predicted octanol–water partition coefficient (Wildman–Crippen LogP) is 1.78. The molecule has 6 heteroatoms. The lowest BCUT2D eigenvalue weighted by atomic mass is 9.96. The second kappa shape index (κ2) is 6.25. The van der Waals surface area contributed by atoms with Gasteiger partial charge in [-0.15, -0.1) is 0 Å². The first-order valence-corrected chi connectivity index (χ1v) is 7.57. The van der Waals surface area contributed by atoms with E-state index in [1.807, 2.05) is 0 Å². The van der Waals surface area contributed by atoms with Crippen molar-refractivity contribution < 1.29 is 24.2 Å². The van der Waals surface area contributed by atoms with E-state index in [1.165, 1.54) is 0 Å². The maximum Gasteiger partial charge on any atom is 0.306 e. The molecule has 3 rings (SSSR count). The molecule has 22 heavy (non-hydrogen) atoms. The molecule has 1 aromatic carbocycles. The number of hydrogen-bond acceptors (Lipinski definition) is 4. The van der Waals surface area contributed by atoms with Crippen molar-refractivity contribution in [1.29, 1.82) is 0 Å². The number of carbonyl (C=O) groups is 2. The molecule has 0 bridgehead atoms. The molecule has 1 fully saturated rings. The van der Waals surface area contributed by atoms with E-state index in [0.717, 1.165) is 6.42 Å². The van der Waals surface area contributed by atoms with Crippen LogP contribution in [-0.2, 0) is 4.79 Å². The number of fused-ring (bicyclic) bond motifs is 1. The number of benzene rings is 1. The molecular weight excluding hydrogens is 286 g/mol. The van der Waals surface area contributed by atoms with Crippen molar-refractivity contribution in [3.63, 3.8) is 0 Å². The Morgan fingerprint density at radius 2 is 1.77 bits per heavy atom. The Kier molecular flexibility index (Phi) is 4.18. The smallest absolute Gasteiger partial charge is 0.306 e. The Labute approximate surface area is 128 Å². The molecule has 0 atom stereocenters. The van der Waals surface area contributed by atoms with Crippen molar-refractivity contribution >= 4 is 11.9 Å². The van der Waals surface area contributed by atoms with Crippen LogP contribution in [-0.4, -0.2) is 48.2 Å². The van der Waals surface area contributed by atoms with E-state index < -0.39 is 5.97 Å². The van der Waals surface area contributed by atoms with Gasteiger partial charge >= 0.3 is 5.97 Å². The van der Waals surface area contributed by atoms with E-state index in [2.05, 4.69) is 0 Å². The Morgan fingerprint density at radius 1 is 1.09 bits per heavy atom. The molecular formula is C16H19NO5. The fraction of sp³-hybridized carbons (Fsp3) is 0.500. The molecule has 118 valence electrons. The molecule has 2 heterocycles. The van der Waals surface area contributed by atoms with Crippen molar-refractivity contribution in [2.75, 3.05) is 26.3 Å². The van der Waals surface area contributed by atoms with E-state index in [0.29, 0.717) is 56.2 Å². The molecule has 0 unspecified atom stereocenters. The van der Waals surface area contributed by atoms with E-state index in [1.54, 1.807) is 23.1 Å². The van der Waals surface area contributed by atoms with Crippen LogP contribution in [0.3, 0.4) is 0 Å². The molecule has 6 nitrogen and oxygen atoms in total. The van der Waals surface area contributed by atoms with Crippen LogP contribution in [0.1, 0.15) is 29.6 Å². The highest BCUT2D eigenvalue weighted by Crippen LogP contribution is 2.31. The van der Waals surface area contributed by atoms with Gasteiger partial charge < -0.3 is 19.5 Å². The predicted molar refractivity (Wildman–Crippen MR) is 78.3 cm³/mol. The average Bonchev–Trinajstić information content (AvgIpc) is 2.78. The number of carbonyl (C=O) groups excluding carboxylic acids is 1. The standard InChI is InChI=1S/C16H19NO5/c18-15(17-6-4-11(5-7-17)16(19)20)12-2-3-13-14(10-12)22-9-1-8-21-13/h2-3,10-11H,1,4-9H2,(H,19,20). The Hall–Kier alpha value is -2.24. The normalized spacial score (nSPS) is 18.6. The summed E-state index contributed by atoms with van der Waals surface area (Å²) >= 11 is 0. The van der Waals surface area contributed by atoms with Gasteiger partial charge in [-0.3, -0.25) is 9.59 Å². The van der Waals surface area contributed by atoms with Crippen molar-refractivity contribution in [1.82, 2.24) is 4.90 Å². The van der Waals surface area contributed by atoms with Crippen LogP contribution in [0, 0.1) is 5.92 Å². The summed E-state index contributed by atoms with van der Waals surface area (Å²) in [5.74, 6) is 0.0670. The maximum atomic E-state index is 12.5. The number of hydrogen-bond donors (Lipinski definition) is 1. The van der Waals surface area contributed by atoms with E-state index in [9.17, 15) is 9.59 Å². The summed E-state index contributed by atoms with van der Waals surface area (Å²) in [6.45, 7) is 2.14. The van der Waals surface area contributed by atoms with Gasteiger partial charge in [0.1, 0.15) is 0 Å². The van der Waals surface area contributed by atoms with Crippen LogP contribution in [0.2, 0.25) is 0 Å². The van der Waals surface area contributed by atoms with Crippen LogP contribution in [0.4, 0.5) is 0 Å². The molecule has 0 radical (unpaired) electrons. The van der Waals surface area contributed by atoms with Gasteiger partial charge in [0.05, 0.1) is 19.1 Å². The fourth-order valence-electron chi connectivity index (χ4n) is 2.81. The highest BCUT2D eigenvalue weighted by Gasteiger charge is 2.28. The zero-order valence-corrected chi connectivity index (χ0v) is 12.3. The summed E-state index contributed by atoms with van der Waals surface area (Å²) in [4.78, 5) is 25.2. The van der Waals surface area contributed by atoms with Crippen LogP contribution in [0.15, 0.2) is 18.2 Å². The van der Waals surface area contributed by atoms with Crippen LogP contribution < -0.4 is 9.47 Å². The third kappa shape index (κ3) is 3.00. The number of piperidine rings is 1. The molecule has 1 N–H and O–H groups in total. The van der Waals surface area contributed by atoms with Crippen molar-refractivity contribution in [3.05, 3.63) is 23.8 Å². The van der Waals surface area contributed by atoms with Gasteiger partial charge in [-0.1, -0.05) is 0 Å². The number of carboxylic acid groups (broad SMARTS) is 1. The Morgan fingerprint density at radius 3 is 2.45 bits per heavy atom. The van der Waals surface area contributed by atoms with Gasteiger partial charge in [0.25, 0.3) is 5.91 Å². The number of nitrogens with zero attached hydrogens (tertiary/aromatic N) is 1. The van der Waals surface area contributed by atoms with E-state index in [4.69, 9.17) is 14.6 Å². The number of likely N-dealkylation sites (tertiary alicyclic amines) is 1. The number of aliphatic carboxylic acids is 1. The second-order valence-electron chi connectivity index (χ2n) is 5.62. The van der Waals surface area contributed by atoms with Crippen molar-refractivity contribution in [3.8, 4) is 11.5 Å². The topological polar surface area (TPSA) is 76.1 Å². The monoisotopic (exact) mass is 305 g/mol. The summed E-state index contributed by atoms with van der Waals surface area (Å²) in [6.07, 6.45) is 1.83. The minimum Gasteiger partial charge on any atom is -0.490 e. The highest BCUT2D eigenvalue weighted by atomic mass is 16.5. The summed E-state index contributed by atoms with van der Waals surface area (Å²) in [6, 6.07) is 5.21. The van der Waals surface area contributed by atoms with Crippen LogP contribution in [0.25, 0.3) is 0 Å². The summed E-state index contributed by atoms with van der Waals surface area (Å²) in [5.41, 5.74) is 0.554. The molecule has 2 aliphatic rings. The number of carboxylic acids is 1. The number of rotatable bonds is 2. The molecule has 0 aliphatic carbocycles. The molecule has 0 aromatic heterocycles. The van der Waals surface area contributed by atoms with E-state index >= 15 is 0 Å². The fourth-order valence-corrected chi connectivity index (χ4v) is 2.81. The molecule has 1 saturated heterocycles. The quantitative estimate of drug-likeness (QED) is 0.901. The zero-order chi connectivity index (χ0) is 15.5. The molecule has 0 saturated carbocycles. The minimum atomic E-state index is -0.775. The minimum absolute atomic E-state index is 0.0838. The van der Waals surface area contributed by atoms with Gasteiger partial charge in [-0.05, 0) is 31.0 Å². The molecule has 0 spiro atoms. The third-order valence-corrected chi connectivity index (χ3v) is 4.13. The van der Waals surface area contributed by atoms with Crippen molar-refractivity contribution in [2.24, 2.45) is 5.92 Å². The van der Waals surface area contributed by atoms with Crippen molar-refractivity contribution in [2.45, 2.75) is 19.3 Å². The SMILES string of the molecule is O=C(O)C1CCN(C(=O)c2ccc3c(c2)OCCCO3)CC1. The lowest BCUT2D eigenvalue weighted by Crippen LogP contribution is -2.40. The Bertz CT molecular complexity index is 578. The molecule has 2 aliphatic heterocycles. The maximum absolute atomic E-state index is 12.5. The van der Waals surface area contributed by atoms with E-state index in [-0.39, 0.29) is 11.8 Å².